The number of aliphatic hydroxyl groups is 1. The van der Waals surface area contributed by atoms with E-state index in [9.17, 15) is 9.90 Å². The van der Waals surface area contributed by atoms with E-state index in [4.69, 9.17) is 4.74 Å². The molecule has 1 rings (SSSR count). The Labute approximate surface area is 78.4 Å². The number of cyclic esters (lactones) is 1. The topological polar surface area (TPSA) is 46.5 Å². The maximum Gasteiger partial charge on any atom is 0.312 e. The van der Waals surface area contributed by atoms with Gasteiger partial charge in [0.1, 0.15) is 12.2 Å². The van der Waals surface area contributed by atoms with Crippen LogP contribution in [0.5, 0.6) is 0 Å². The molecule has 1 fully saturated rings. The highest BCUT2D eigenvalue weighted by Gasteiger charge is 2.44. The summed E-state index contributed by atoms with van der Waals surface area (Å²) in [6.07, 6.45) is 5.43. The first-order valence-corrected chi connectivity index (χ1v) is 4.62. The largest absolute Gasteiger partial charge is 0.462 e. The van der Waals surface area contributed by atoms with E-state index >= 15 is 0 Å². The molecule has 0 saturated carbocycles. The van der Waals surface area contributed by atoms with E-state index in [0.29, 0.717) is 6.42 Å². The van der Waals surface area contributed by atoms with Gasteiger partial charge in [0.2, 0.25) is 0 Å². The Bertz CT molecular complexity index is 218. The number of esters is 1. The number of hydrogen-bond donors (Lipinski definition) is 1. The van der Waals surface area contributed by atoms with Crippen molar-refractivity contribution in [1.82, 2.24) is 0 Å². The molecule has 2 unspecified atom stereocenters. The van der Waals surface area contributed by atoms with Gasteiger partial charge in [-0.2, -0.15) is 0 Å². The van der Waals surface area contributed by atoms with Crippen LogP contribution in [0.4, 0.5) is 0 Å². The summed E-state index contributed by atoms with van der Waals surface area (Å²) in [6.45, 7) is 3.79. The van der Waals surface area contributed by atoms with Gasteiger partial charge in [-0.25, -0.2) is 0 Å². The van der Waals surface area contributed by atoms with Crippen LogP contribution in [0, 0.1) is 5.92 Å². The summed E-state index contributed by atoms with van der Waals surface area (Å²) < 4.78 is 4.79. The van der Waals surface area contributed by atoms with Crippen LogP contribution in [0.25, 0.3) is 0 Å². The highest BCUT2D eigenvalue weighted by molar-refractivity contribution is 5.76. The van der Waals surface area contributed by atoms with Crippen LogP contribution in [0.1, 0.15) is 26.7 Å². The average Bonchev–Trinajstić information content (AvgIpc) is 2.31. The van der Waals surface area contributed by atoms with E-state index in [0.717, 1.165) is 6.42 Å². The van der Waals surface area contributed by atoms with Gasteiger partial charge in [-0.15, -0.1) is 0 Å². The standard InChI is InChI=1S/C10H16O3/c1-3-4-5-6-8-9(11)13-7-10(8,2)12/h4-5,8,12H,3,6-7H2,1-2H3/b5-4-. The molecule has 74 valence electrons. The number of hydrogen-bond acceptors (Lipinski definition) is 3. The summed E-state index contributed by atoms with van der Waals surface area (Å²) in [6, 6.07) is 0. The Morgan fingerprint density at radius 3 is 2.85 bits per heavy atom. The van der Waals surface area contributed by atoms with Crippen molar-refractivity contribution in [3.05, 3.63) is 12.2 Å². The Morgan fingerprint density at radius 2 is 2.38 bits per heavy atom. The zero-order valence-electron chi connectivity index (χ0n) is 8.12. The fourth-order valence-electron chi connectivity index (χ4n) is 1.42. The lowest BCUT2D eigenvalue weighted by Gasteiger charge is -2.18. The van der Waals surface area contributed by atoms with Crippen molar-refractivity contribution >= 4 is 5.97 Å². The monoisotopic (exact) mass is 184 g/mol. The molecule has 1 heterocycles. The first kappa shape index (κ1) is 10.3. The highest BCUT2D eigenvalue weighted by atomic mass is 16.6. The zero-order valence-corrected chi connectivity index (χ0v) is 8.12. The molecule has 0 aromatic heterocycles. The predicted molar refractivity (Wildman–Crippen MR) is 49.1 cm³/mol. The Hall–Kier alpha value is -0.830. The lowest BCUT2D eigenvalue weighted by atomic mass is 9.89. The molecule has 0 spiro atoms. The maximum absolute atomic E-state index is 11.2. The van der Waals surface area contributed by atoms with E-state index in [1.165, 1.54) is 0 Å². The van der Waals surface area contributed by atoms with Crippen molar-refractivity contribution in [2.45, 2.75) is 32.3 Å². The first-order valence-electron chi connectivity index (χ1n) is 4.62. The Kier molecular flexibility index (Phi) is 3.09. The molecular weight excluding hydrogens is 168 g/mol. The molecule has 3 heteroatoms. The number of ether oxygens (including phenoxy) is 1. The summed E-state index contributed by atoms with van der Waals surface area (Å²) in [5.74, 6) is -0.680. The number of rotatable bonds is 3. The molecule has 1 saturated heterocycles. The maximum atomic E-state index is 11.2. The van der Waals surface area contributed by atoms with Crippen molar-refractivity contribution in [3.8, 4) is 0 Å². The molecule has 0 radical (unpaired) electrons. The third-order valence-corrected chi connectivity index (χ3v) is 2.32. The van der Waals surface area contributed by atoms with Crippen LogP contribution in [-0.2, 0) is 9.53 Å². The van der Waals surface area contributed by atoms with E-state index in [1.807, 2.05) is 19.1 Å². The van der Waals surface area contributed by atoms with E-state index < -0.39 is 11.5 Å². The SMILES string of the molecule is CC/C=C\CC1C(=O)OCC1(C)O. The number of carbonyl (C=O) groups is 1. The molecule has 1 aliphatic heterocycles. The third kappa shape index (κ3) is 2.31. The van der Waals surface area contributed by atoms with Crippen molar-refractivity contribution < 1.29 is 14.6 Å². The molecule has 13 heavy (non-hydrogen) atoms. The summed E-state index contributed by atoms with van der Waals surface area (Å²) in [5, 5.41) is 9.74. The predicted octanol–water partition coefficient (Wildman–Crippen LogP) is 1.27. The van der Waals surface area contributed by atoms with Crippen LogP contribution in [0.2, 0.25) is 0 Å². The first-order chi connectivity index (χ1) is 6.08. The van der Waals surface area contributed by atoms with Gasteiger partial charge in [0.25, 0.3) is 0 Å². The van der Waals surface area contributed by atoms with E-state index in [-0.39, 0.29) is 12.6 Å². The van der Waals surface area contributed by atoms with Crippen LogP contribution >= 0.6 is 0 Å². The lowest BCUT2D eigenvalue weighted by molar-refractivity contribution is -0.141. The van der Waals surface area contributed by atoms with Gasteiger partial charge < -0.3 is 9.84 Å². The van der Waals surface area contributed by atoms with Crippen LogP contribution in [0.3, 0.4) is 0 Å². The molecule has 3 nitrogen and oxygen atoms in total. The second-order valence-corrected chi connectivity index (χ2v) is 3.63. The Balaban J connectivity index is 2.56. The van der Waals surface area contributed by atoms with Crippen LogP contribution in [0.15, 0.2) is 12.2 Å². The fraction of sp³-hybridized carbons (Fsp3) is 0.700. The number of carbonyl (C=O) groups excluding carboxylic acids is 1. The smallest absolute Gasteiger partial charge is 0.312 e. The van der Waals surface area contributed by atoms with Gasteiger partial charge >= 0.3 is 5.97 Å². The molecule has 1 N–H and O–H groups in total. The fourth-order valence-corrected chi connectivity index (χ4v) is 1.42. The van der Waals surface area contributed by atoms with Gasteiger partial charge in [0, 0.05) is 0 Å². The molecule has 0 aromatic rings. The average molecular weight is 184 g/mol. The lowest BCUT2D eigenvalue weighted by Crippen LogP contribution is -2.34. The highest BCUT2D eigenvalue weighted by Crippen LogP contribution is 2.29. The summed E-state index contributed by atoms with van der Waals surface area (Å²) >= 11 is 0. The normalized spacial score (nSPS) is 34.1. The van der Waals surface area contributed by atoms with Crippen LogP contribution < -0.4 is 0 Å². The van der Waals surface area contributed by atoms with Gasteiger partial charge in [-0.05, 0) is 19.8 Å². The van der Waals surface area contributed by atoms with E-state index in [2.05, 4.69) is 0 Å². The van der Waals surface area contributed by atoms with E-state index in [1.54, 1.807) is 6.92 Å². The second kappa shape index (κ2) is 3.92. The minimum Gasteiger partial charge on any atom is -0.462 e. The molecular formula is C10H16O3. The molecule has 0 bridgehead atoms. The van der Waals surface area contributed by atoms with Crippen molar-refractivity contribution in [1.29, 1.82) is 0 Å². The van der Waals surface area contributed by atoms with Gasteiger partial charge in [0.05, 0.1) is 5.92 Å². The molecule has 1 aliphatic rings. The molecule has 2 atom stereocenters. The minimum atomic E-state index is -0.991. The zero-order chi connectivity index (χ0) is 9.90. The van der Waals surface area contributed by atoms with Gasteiger partial charge in [-0.1, -0.05) is 19.1 Å². The number of allylic oxidation sites excluding steroid dienone is 2. The minimum absolute atomic E-state index is 0.121. The van der Waals surface area contributed by atoms with Crippen molar-refractivity contribution in [3.63, 3.8) is 0 Å². The van der Waals surface area contributed by atoms with Crippen molar-refractivity contribution in [2.75, 3.05) is 6.61 Å². The molecule has 0 amide bonds. The molecule has 0 aliphatic carbocycles. The third-order valence-electron chi connectivity index (χ3n) is 2.32. The van der Waals surface area contributed by atoms with Crippen LogP contribution in [-0.4, -0.2) is 23.3 Å². The van der Waals surface area contributed by atoms with Gasteiger partial charge in [0.15, 0.2) is 0 Å². The van der Waals surface area contributed by atoms with Gasteiger partial charge in [-0.3, -0.25) is 4.79 Å². The molecule has 0 aromatic carbocycles. The van der Waals surface area contributed by atoms with Crippen molar-refractivity contribution in [2.24, 2.45) is 5.92 Å². The summed E-state index contributed by atoms with van der Waals surface area (Å²) in [4.78, 5) is 11.2. The Morgan fingerprint density at radius 1 is 1.69 bits per heavy atom. The summed E-state index contributed by atoms with van der Waals surface area (Å²) in [5.41, 5.74) is -0.991. The quantitative estimate of drug-likeness (QED) is 0.530. The second-order valence-electron chi connectivity index (χ2n) is 3.63. The summed E-state index contributed by atoms with van der Waals surface area (Å²) in [7, 11) is 0.